The molecule has 2 N–H and O–H groups in total. The Morgan fingerprint density at radius 2 is 1.65 bits per heavy atom. The average Bonchev–Trinajstić information content (AvgIpc) is 3.10. The fourth-order valence-corrected chi connectivity index (χ4v) is 5.46. The minimum atomic E-state index is -0.881. The van der Waals surface area contributed by atoms with E-state index in [1.165, 1.54) is 11.1 Å². The van der Waals surface area contributed by atoms with Crippen LogP contribution in [0.15, 0.2) is 48.5 Å². The number of nitrogens with one attached hydrogen (secondary N) is 1. The standard InChI is InChI=1S/C27H30N2O5/c1-27(25(31)32)15-29(16-27)24(30)22(17-7-6-8-17)13-28-26(33)34-14-23-20-11-4-2-9-18(20)19-10-3-5-12-21(19)23/h2-5,9-12,17,22-23H,6-8,13-16H2,1H3,(H,28,33)(H,31,32). The Bertz CT molecular complexity index is 1070. The number of amides is 2. The molecule has 2 fully saturated rings. The van der Waals surface area contributed by atoms with E-state index >= 15 is 0 Å². The highest BCUT2D eigenvalue weighted by atomic mass is 16.5. The van der Waals surface area contributed by atoms with Gasteiger partial charge in [-0.15, -0.1) is 0 Å². The topological polar surface area (TPSA) is 95.9 Å². The number of aliphatic carboxylic acids is 1. The first-order chi connectivity index (χ1) is 16.4. The average molecular weight is 463 g/mol. The van der Waals surface area contributed by atoms with Crippen molar-refractivity contribution in [3.8, 4) is 11.1 Å². The summed E-state index contributed by atoms with van der Waals surface area (Å²) in [6.45, 7) is 2.53. The van der Waals surface area contributed by atoms with E-state index < -0.39 is 17.5 Å². The lowest BCUT2D eigenvalue weighted by atomic mass is 9.73. The number of benzene rings is 2. The van der Waals surface area contributed by atoms with E-state index in [4.69, 9.17) is 4.74 Å². The van der Waals surface area contributed by atoms with Crippen LogP contribution < -0.4 is 5.32 Å². The fourth-order valence-electron chi connectivity index (χ4n) is 5.46. The molecule has 1 atom stereocenters. The van der Waals surface area contributed by atoms with Crippen molar-refractivity contribution in [1.82, 2.24) is 10.2 Å². The van der Waals surface area contributed by atoms with Crippen molar-refractivity contribution >= 4 is 18.0 Å². The summed E-state index contributed by atoms with van der Waals surface area (Å²) in [5.74, 6) is -1.08. The summed E-state index contributed by atoms with van der Waals surface area (Å²) in [4.78, 5) is 38.6. The van der Waals surface area contributed by atoms with Crippen LogP contribution in [0.5, 0.6) is 0 Å². The first-order valence-corrected chi connectivity index (χ1v) is 12.0. The van der Waals surface area contributed by atoms with Gasteiger partial charge < -0.3 is 20.1 Å². The molecule has 0 bridgehead atoms. The number of carboxylic acid groups (broad SMARTS) is 1. The van der Waals surface area contributed by atoms with Crippen molar-refractivity contribution in [2.75, 3.05) is 26.2 Å². The molecular weight excluding hydrogens is 432 g/mol. The molecule has 2 aromatic carbocycles. The van der Waals surface area contributed by atoms with Gasteiger partial charge in [0.1, 0.15) is 6.61 Å². The Morgan fingerprint density at radius 1 is 1.06 bits per heavy atom. The maximum absolute atomic E-state index is 13.1. The summed E-state index contributed by atoms with van der Waals surface area (Å²) in [6.07, 6.45) is 2.45. The minimum Gasteiger partial charge on any atom is -0.481 e. The van der Waals surface area contributed by atoms with E-state index in [1.54, 1.807) is 11.8 Å². The van der Waals surface area contributed by atoms with Gasteiger partial charge in [0.05, 0.1) is 11.3 Å². The van der Waals surface area contributed by atoms with E-state index in [-0.39, 0.29) is 49.9 Å². The highest BCUT2D eigenvalue weighted by molar-refractivity contribution is 5.85. The normalized spacial score (nSPS) is 19.3. The number of ether oxygens (including phenoxy) is 1. The van der Waals surface area contributed by atoms with Gasteiger partial charge in [0.25, 0.3) is 0 Å². The lowest BCUT2D eigenvalue weighted by Gasteiger charge is -2.47. The van der Waals surface area contributed by atoms with E-state index in [2.05, 4.69) is 29.6 Å². The van der Waals surface area contributed by atoms with Crippen LogP contribution >= 0.6 is 0 Å². The molecule has 7 nitrogen and oxygen atoms in total. The van der Waals surface area contributed by atoms with Crippen molar-refractivity contribution in [2.45, 2.75) is 32.1 Å². The Labute approximate surface area is 199 Å². The third-order valence-corrected chi connectivity index (χ3v) is 7.75. The number of rotatable bonds is 7. The largest absolute Gasteiger partial charge is 0.481 e. The maximum Gasteiger partial charge on any atom is 0.407 e. The van der Waals surface area contributed by atoms with E-state index in [9.17, 15) is 19.5 Å². The first kappa shape index (κ1) is 22.4. The predicted molar refractivity (Wildman–Crippen MR) is 126 cm³/mol. The van der Waals surface area contributed by atoms with Gasteiger partial charge in [0.2, 0.25) is 5.91 Å². The van der Waals surface area contributed by atoms with Crippen molar-refractivity contribution < 1.29 is 24.2 Å². The van der Waals surface area contributed by atoms with Gasteiger partial charge >= 0.3 is 12.1 Å². The Balaban J connectivity index is 1.18. The molecule has 1 heterocycles. The number of hydrogen-bond donors (Lipinski definition) is 2. The highest BCUT2D eigenvalue weighted by Gasteiger charge is 2.49. The molecular formula is C27H30N2O5. The molecule has 7 heteroatoms. The van der Waals surface area contributed by atoms with Gasteiger partial charge in [0.15, 0.2) is 0 Å². The number of carbonyl (C=O) groups is 3. The molecule has 2 aliphatic carbocycles. The zero-order valence-corrected chi connectivity index (χ0v) is 19.3. The molecule has 1 saturated carbocycles. The zero-order chi connectivity index (χ0) is 23.9. The second-order valence-corrected chi connectivity index (χ2v) is 10.1. The summed E-state index contributed by atoms with van der Waals surface area (Å²) >= 11 is 0. The second kappa shape index (κ2) is 8.78. The lowest BCUT2D eigenvalue weighted by molar-refractivity contribution is -0.166. The quantitative estimate of drug-likeness (QED) is 0.651. The van der Waals surface area contributed by atoms with Crippen LogP contribution in [0.3, 0.4) is 0 Å². The second-order valence-electron chi connectivity index (χ2n) is 10.1. The molecule has 1 aliphatic heterocycles. The van der Waals surface area contributed by atoms with Gasteiger partial charge in [-0.2, -0.15) is 0 Å². The Hall–Kier alpha value is -3.35. The predicted octanol–water partition coefficient (Wildman–Crippen LogP) is 3.87. The first-order valence-electron chi connectivity index (χ1n) is 12.0. The number of carbonyl (C=O) groups excluding carboxylic acids is 2. The fraction of sp³-hybridized carbons (Fsp3) is 0.444. The molecule has 3 aliphatic rings. The van der Waals surface area contributed by atoms with Crippen LogP contribution in [-0.4, -0.2) is 54.2 Å². The van der Waals surface area contributed by atoms with Crippen LogP contribution in [0.4, 0.5) is 4.79 Å². The van der Waals surface area contributed by atoms with E-state index in [0.29, 0.717) is 0 Å². The number of likely N-dealkylation sites (tertiary alicyclic amines) is 1. The molecule has 5 rings (SSSR count). The van der Waals surface area contributed by atoms with Gasteiger partial charge in [0, 0.05) is 25.6 Å². The smallest absolute Gasteiger partial charge is 0.407 e. The Morgan fingerprint density at radius 3 is 2.18 bits per heavy atom. The van der Waals surface area contributed by atoms with Crippen LogP contribution in [0.2, 0.25) is 0 Å². The monoisotopic (exact) mass is 462 g/mol. The van der Waals surface area contributed by atoms with Gasteiger partial charge in [-0.05, 0) is 47.9 Å². The third-order valence-electron chi connectivity index (χ3n) is 7.75. The van der Waals surface area contributed by atoms with Crippen molar-refractivity contribution in [3.63, 3.8) is 0 Å². The van der Waals surface area contributed by atoms with E-state index in [0.717, 1.165) is 30.4 Å². The van der Waals surface area contributed by atoms with Crippen LogP contribution in [0.25, 0.3) is 11.1 Å². The molecule has 1 unspecified atom stereocenters. The zero-order valence-electron chi connectivity index (χ0n) is 19.3. The van der Waals surface area contributed by atoms with Gasteiger partial charge in [-0.3, -0.25) is 9.59 Å². The van der Waals surface area contributed by atoms with Crippen LogP contribution in [0, 0.1) is 17.3 Å². The number of hydrogen-bond acceptors (Lipinski definition) is 4. The molecule has 178 valence electrons. The highest BCUT2D eigenvalue weighted by Crippen LogP contribution is 2.44. The summed E-state index contributed by atoms with van der Waals surface area (Å²) < 4.78 is 5.61. The summed E-state index contributed by atoms with van der Waals surface area (Å²) in [5, 5.41) is 12.1. The number of nitrogens with zero attached hydrogens (tertiary/aromatic N) is 1. The van der Waals surface area contributed by atoms with Gasteiger partial charge in [-0.1, -0.05) is 55.0 Å². The molecule has 0 spiro atoms. The number of alkyl carbamates (subject to hydrolysis) is 1. The van der Waals surface area contributed by atoms with Crippen LogP contribution in [0.1, 0.15) is 43.2 Å². The third kappa shape index (κ3) is 3.93. The van der Waals surface area contributed by atoms with Gasteiger partial charge in [-0.25, -0.2) is 4.79 Å². The molecule has 34 heavy (non-hydrogen) atoms. The minimum absolute atomic E-state index is 0.0167. The van der Waals surface area contributed by atoms with E-state index in [1.807, 2.05) is 24.3 Å². The lowest BCUT2D eigenvalue weighted by Crippen LogP contribution is -2.63. The summed E-state index contributed by atoms with van der Waals surface area (Å²) in [5.41, 5.74) is 3.77. The molecule has 2 aromatic rings. The molecule has 1 saturated heterocycles. The number of carboxylic acids is 1. The van der Waals surface area contributed by atoms with Crippen molar-refractivity contribution in [1.29, 1.82) is 0 Å². The van der Waals surface area contributed by atoms with Crippen LogP contribution in [-0.2, 0) is 14.3 Å². The molecule has 0 aromatic heterocycles. The summed E-state index contributed by atoms with van der Waals surface area (Å²) in [7, 11) is 0. The SMILES string of the molecule is CC1(C(=O)O)CN(C(=O)C(CNC(=O)OCC2c3ccccc3-c3ccccc32)C2CCC2)C1. The van der Waals surface area contributed by atoms with Crippen molar-refractivity contribution in [2.24, 2.45) is 17.3 Å². The Kier molecular flexibility index (Phi) is 5.80. The molecule has 0 radical (unpaired) electrons. The number of fused-ring (bicyclic) bond motifs is 3. The van der Waals surface area contributed by atoms with Crippen molar-refractivity contribution in [3.05, 3.63) is 59.7 Å². The molecule has 2 amide bonds. The summed E-state index contributed by atoms with van der Waals surface area (Å²) in [6, 6.07) is 16.4. The maximum atomic E-state index is 13.1.